The number of nitrogens with zero attached hydrogens (tertiary/aromatic N) is 1. The number of benzene rings is 4. The van der Waals surface area contributed by atoms with Gasteiger partial charge in [0.05, 0.1) is 28.2 Å². The number of fused-ring (bicyclic) bond motifs is 3. The number of para-hydroxylation sites is 1. The fraction of sp³-hybridized carbons (Fsp3) is 0. The Kier molecular flexibility index (Phi) is 5.54. The maximum absolute atomic E-state index is 14.7. The van der Waals surface area contributed by atoms with E-state index in [1.807, 2.05) is 60.7 Å². The largest absolute Gasteiger partial charge is 0.394 e. The monoisotopic (exact) mass is 519 g/mol. The van der Waals surface area contributed by atoms with Crippen molar-refractivity contribution < 1.29 is 13.2 Å². The van der Waals surface area contributed by atoms with Crippen LogP contribution >= 0.6 is 0 Å². The average molecular weight is 520 g/mol. The highest BCUT2D eigenvalue weighted by Crippen LogP contribution is 2.39. The zero-order valence-electron chi connectivity index (χ0n) is 20.3. The minimum Gasteiger partial charge on any atom is -0.394 e. The molecule has 6 N–H and O–H groups in total. The van der Waals surface area contributed by atoms with Gasteiger partial charge in [0.25, 0.3) is 0 Å². The molecule has 0 radical (unpaired) electrons. The van der Waals surface area contributed by atoms with E-state index in [2.05, 4.69) is 0 Å². The first-order chi connectivity index (χ1) is 18.8. The zero-order chi connectivity index (χ0) is 27.4. The summed E-state index contributed by atoms with van der Waals surface area (Å²) in [5.74, 6) is -3.81. The molecule has 1 aliphatic carbocycles. The second-order valence-corrected chi connectivity index (χ2v) is 9.16. The quantitative estimate of drug-likeness (QED) is 0.191. The van der Waals surface area contributed by atoms with E-state index in [1.165, 1.54) is 12.1 Å². The number of nitrogens with two attached hydrogens (primary N) is 2. The van der Waals surface area contributed by atoms with E-state index < -0.39 is 34.4 Å². The van der Waals surface area contributed by atoms with Crippen LogP contribution < -0.4 is 11.5 Å². The maximum atomic E-state index is 14.7. The summed E-state index contributed by atoms with van der Waals surface area (Å²) in [5, 5.41) is 18.5. The summed E-state index contributed by atoms with van der Waals surface area (Å²) in [4.78, 5) is 4.89. The van der Waals surface area contributed by atoms with Gasteiger partial charge in [0.2, 0.25) is 0 Å². The number of nitrogen functional groups attached to an aromatic ring is 2. The number of aromatic nitrogens is 1. The second kappa shape index (κ2) is 8.95. The molecule has 1 aromatic heterocycles. The van der Waals surface area contributed by atoms with Crippen molar-refractivity contribution in [2.75, 3.05) is 11.5 Å². The predicted octanol–water partition coefficient (Wildman–Crippen LogP) is 7.09. The molecule has 5 aromatic rings. The van der Waals surface area contributed by atoms with Gasteiger partial charge in [-0.1, -0.05) is 72.8 Å². The molecular formula is C31H20F3N5. The van der Waals surface area contributed by atoms with Crippen LogP contribution in [-0.4, -0.2) is 16.4 Å². The number of halogens is 3. The van der Waals surface area contributed by atoms with Crippen LogP contribution in [0.5, 0.6) is 0 Å². The van der Waals surface area contributed by atoms with Gasteiger partial charge in [-0.15, -0.1) is 0 Å². The van der Waals surface area contributed by atoms with Gasteiger partial charge in [-0.25, -0.2) is 18.2 Å². The number of allylic oxidation sites excluding steroid dienone is 1. The Bertz CT molecular complexity index is 1850. The highest BCUT2D eigenvalue weighted by atomic mass is 19.1. The van der Waals surface area contributed by atoms with Crippen LogP contribution in [0.15, 0.2) is 78.9 Å². The summed E-state index contributed by atoms with van der Waals surface area (Å²) in [5.41, 5.74) is 13.4. The summed E-state index contributed by atoms with van der Waals surface area (Å²) in [6.45, 7) is 0. The lowest BCUT2D eigenvalue weighted by atomic mass is 9.82. The van der Waals surface area contributed by atoms with Crippen molar-refractivity contribution in [1.29, 1.82) is 10.8 Å². The Morgan fingerprint density at radius 1 is 0.590 bits per heavy atom. The smallest absolute Gasteiger partial charge is 0.174 e. The van der Waals surface area contributed by atoms with Crippen molar-refractivity contribution in [2.24, 2.45) is 0 Å². The van der Waals surface area contributed by atoms with E-state index in [-0.39, 0.29) is 17.0 Å². The standard InChI is InChI=1S/C31H20F3N5/c32-24-22(25(33)30(38)26(34)29(24)37)16-12-10-15(11-13-16)19-14-20-23(28(36)27(19)35)18-8-4-5-9-21(18)39-31(20)17-6-2-1-3-7-17/h1-14,35-36H,37-38H2. The average Bonchev–Trinajstić information content (AvgIpc) is 2.97. The molecule has 0 saturated heterocycles. The molecular weight excluding hydrogens is 499 g/mol. The van der Waals surface area contributed by atoms with Crippen molar-refractivity contribution in [3.63, 3.8) is 0 Å². The van der Waals surface area contributed by atoms with E-state index in [1.54, 1.807) is 12.1 Å². The van der Waals surface area contributed by atoms with Gasteiger partial charge in [0.15, 0.2) is 17.5 Å². The first-order valence-electron chi connectivity index (χ1n) is 12.0. The minimum absolute atomic E-state index is 0.00162. The number of rotatable bonds is 3. The molecule has 6 rings (SSSR count). The van der Waals surface area contributed by atoms with Gasteiger partial charge in [0, 0.05) is 27.6 Å². The van der Waals surface area contributed by atoms with Crippen LogP contribution in [0.2, 0.25) is 0 Å². The zero-order valence-corrected chi connectivity index (χ0v) is 20.3. The summed E-state index contributed by atoms with van der Waals surface area (Å²) >= 11 is 0. The summed E-state index contributed by atoms with van der Waals surface area (Å²) < 4.78 is 43.4. The molecule has 0 spiro atoms. The molecule has 0 atom stereocenters. The molecule has 0 saturated carbocycles. The molecule has 0 amide bonds. The number of hydrogen-bond acceptors (Lipinski definition) is 5. The van der Waals surface area contributed by atoms with Gasteiger partial charge in [-0.05, 0) is 23.3 Å². The Balaban J connectivity index is 1.53. The van der Waals surface area contributed by atoms with Crippen LogP contribution in [0.3, 0.4) is 0 Å². The van der Waals surface area contributed by atoms with E-state index in [9.17, 15) is 13.2 Å². The van der Waals surface area contributed by atoms with Crippen molar-refractivity contribution in [3.8, 4) is 22.4 Å². The van der Waals surface area contributed by atoms with Gasteiger partial charge >= 0.3 is 0 Å². The van der Waals surface area contributed by atoms with Crippen molar-refractivity contribution in [3.05, 3.63) is 113 Å². The van der Waals surface area contributed by atoms with Gasteiger partial charge < -0.3 is 11.5 Å². The minimum atomic E-state index is -1.33. The Morgan fingerprint density at radius 2 is 1.18 bits per heavy atom. The third-order valence-electron chi connectivity index (χ3n) is 6.90. The van der Waals surface area contributed by atoms with Gasteiger partial charge in [-0.3, -0.25) is 10.8 Å². The topological polar surface area (TPSA) is 113 Å². The first-order valence-corrected chi connectivity index (χ1v) is 12.0. The van der Waals surface area contributed by atoms with E-state index in [0.29, 0.717) is 28.0 Å². The highest BCUT2D eigenvalue weighted by molar-refractivity contribution is 6.64. The van der Waals surface area contributed by atoms with Crippen LogP contribution in [0.1, 0.15) is 16.7 Å². The molecule has 0 aliphatic heterocycles. The molecule has 190 valence electrons. The number of anilines is 2. The first kappa shape index (κ1) is 24.1. The van der Waals surface area contributed by atoms with Crippen molar-refractivity contribution in [2.45, 2.75) is 0 Å². The number of hydrogen-bond donors (Lipinski definition) is 4. The van der Waals surface area contributed by atoms with Crippen LogP contribution in [0, 0.1) is 28.3 Å². The molecule has 5 nitrogen and oxygen atoms in total. The Labute approximate surface area is 221 Å². The lowest BCUT2D eigenvalue weighted by molar-refractivity contribution is 0.560. The van der Waals surface area contributed by atoms with E-state index >= 15 is 0 Å². The molecule has 4 aromatic carbocycles. The molecule has 0 unspecified atom stereocenters. The summed E-state index contributed by atoms with van der Waals surface area (Å²) in [6.07, 6.45) is 1.82. The molecule has 8 heteroatoms. The Morgan fingerprint density at radius 3 is 1.85 bits per heavy atom. The normalized spacial score (nSPS) is 12.9. The number of nitrogens with one attached hydrogen (secondary N) is 2. The van der Waals surface area contributed by atoms with Crippen LogP contribution in [0.25, 0.3) is 44.9 Å². The maximum Gasteiger partial charge on any atom is 0.174 e. The van der Waals surface area contributed by atoms with E-state index in [0.717, 1.165) is 16.5 Å². The fourth-order valence-corrected chi connectivity index (χ4v) is 4.93. The van der Waals surface area contributed by atoms with E-state index in [4.69, 9.17) is 27.3 Å². The third kappa shape index (κ3) is 3.68. The molecule has 0 fully saturated rings. The van der Waals surface area contributed by atoms with Crippen molar-refractivity contribution in [1.82, 2.24) is 4.98 Å². The summed E-state index contributed by atoms with van der Waals surface area (Å²) in [6, 6.07) is 23.2. The SMILES string of the molecule is N=C1C(=N)c2c(c(-c3ccccc3)nc3ccccc23)C=C1c1ccc(-c2c(F)c(N)c(F)c(N)c2F)cc1. The molecule has 1 aliphatic rings. The van der Waals surface area contributed by atoms with Crippen molar-refractivity contribution >= 4 is 45.4 Å². The molecule has 0 bridgehead atoms. The van der Waals surface area contributed by atoms with Gasteiger partial charge in [0.1, 0.15) is 11.4 Å². The molecule has 39 heavy (non-hydrogen) atoms. The van der Waals surface area contributed by atoms with Gasteiger partial charge in [-0.2, -0.15) is 0 Å². The number of pyridine rings is 1. The third-order valence-corrected chi connectivity index (χ3v) is 6.90. The lowest BCUT2D eigenvalue weighted by Crippen LogP contribution is -2.21. The predicted molar refractivity (Wildman–Crippen MR) is 150 cm³/mol. The Hall–Kier alpha value is -5.24. The van der Waals surface area contributed by atoms with Crippen LogP contribution in [-0.2, 0) is 0 Å². The summed E-state index contributed by atoms with van der Waals surface area (Å²) in [7, 11) is 0. The lowest BCUT2D eigenvalue weighted by Gasteiger charge is -2.23. The fourth-order valence-electron chi connectivity index (χ4n) is 4.93. The highest BCUT2D eigenvalue weighted by Gasteiger charge is 2.28. The second-order valence-electron chi connectivity index (χ2n) is 9.16. The van der Waals surface area contributed by atoms with Crippen LogP contribution in [0.4, 0.5) is 24.5 Å². The molecule has 1 heterocycles.